The molecule has 100 valence electrons. The van der Waals surface area contributed by atoms with E-state index >= 15 is 0 Å². The van der Waals surface area contributed by atoms with Gasteiger partial charge in [-0.2, -0.15) is 0 Å². The van der Waals surface area contributed by atoms with E-state index in [0.29, 0.717) is 23.8 Å². The molecule has 20 heavy (non-hydrogen) atoms. The van der Waals surface area contributed by atoms with Crippen molar-refractivity contribution in [2.24, 2.45) is 0 Å². The zero-order valence-electron chi connectivity index (χ0n) is 10.4. The van der Waals surface area contributed by atoms with Crippen LogP contribution < -0.4 is 0 Å². The SMILES string of the molecule is O=[N+]([O-])c1ccc(Cc2cnc(-c3ccco3)o2)cc1. The van der Waals surface area contributed by atoms with Crippen molar-refractivity contribution in [3.05, 3.63) is 70.3 Å². The summed E-state index contributed by atoms with van der Waals surface area (Å²) in [5.41, 5.74) is 0.986. The van der Waals surface area contributed by atoms with E-state index in [4.69, 9.17) is 8.83 Å². The molecule has 3 aromatic rings. The van der Waals surface area contributed by atoms with Gasteiger partial charge in [-0.1, -0.05) is 12.1 Å². The topological polar surface area (TPSA) is 82.3 Å². The van der Waals surface area contributed by atoms with Gasteiger partial charge in [0, 0.05) is 18.6 Å². The number of aromatic nitrogens is 1. The lowest BCUT2D eigenvalue weighted by Crippen LogP contribution is -1.89. The fourth-order valence-corrected chi connectivity index (χ4v) is 1.84. The number of nitro groups is 1. The molecule has 0 aliphatic rings. The predicted octanol–water partition coefficient (Wildman–Crippen LogP) is 3.43. The van der Waals surface area contributed by atoms with Crippen LogP contribution >= 0.6 is 0 Å². The number of nitro benzene ring substituents is 1. The molecule has 6 nitrogen and oxygen atoms in total. The monoisotopic (exact) mass is 270 g/mol. The van der Waals surface area contributed by atoms with E-state index in [9.17, 15) is 10.1 Å². The highest BCUT2D eigenvalue weighted by molar-refractivity contribution is 5.43. The second kappa shape index (κ2) is 5.00. The molecule has 0 atom stereocenters. The normalized spacial score (nSPS) is 10.6. The first-order valence-electron chi connectivity index (χ1n) is 5.94. The Morgan fingerprint density at radius 3 is 2.65 bits per heavy atom. The Morgan fingerprint density at radius 2 is 2.00 bits per heavy atom. The molecule has 0 fully saturated rings. The molecule has 2 heterocycles. The zero-order valence-corrected chi connectivity index (χ0v) is 10.4. The summed E-state index contributed by atoms with van der Waals surface area (Å²) >= 11 is 0. The fraction of sp³-hybridized carbons (Fsp3) is 0.0714. The van der Waals surface area contributed by atoms with E-state index in [-0.39, 0.29) is 5.69 Å². The van der Waals surface area contributed by atoms with E-state index < -0.39 is 4.92 Å². The van der Waals surface area contributed by atoms with Crippen LogP contribution in [-0.4, -0.2) is 9.91 Å². The van der Waals surface area contributed by atoms with Crippen molar-refractivity contribution in [3.8, 4) is 11.7 Å². The number of nitrogens with zero attached hydrogens (tertiary/aromatic N) is 2. The van der Waals surface area contributed by atoms with Crippen LogP contribution in [0.3, 0.4) is 0 Å². The molecule has 2 aromatic heterocycles. The van der Waals surface area contributed by atoms with Gasteiger partial charge >= 0.3 is 0 Å². The van der Waals surface area contributed by atoms with Crippen molar-refractivity contribution in [1.29, 1.82) is 0 Å². The van der Waals surface area contributed by atoms with E-state index in [1.54, 1.807) is 36.7 Å². The number of rotatable bonds is 4. The third-order valence-electron chi connectivity index (χ3n) is 2.81. The summed E-state index contributed by atoms with van der Waals surface area (Å²) in [6.45, 7) is 0. The quantitative estimate of drug-likeness (QED) is 0.535. The average Bonchev–Trinajstić information content (AvgIpc) is 3.09. The highest BCUT2D eigenvalue weighted by Gasteiger charge is 2.10. The van der Waals surface area contributed by atoms with Crippen LogP contribution in [0.2, 0.25) is 0 Å². The number of furan rings is 1. The van der Waals surface area contributed by atoms with Gasteiger partial charge in [0.15, 0.2) is 5.76 Å². The van der Waals surface area contributed by atoms with Crippen molar-refractivity contribution >= 4 is 5.69 Å². The van der Waals surface area contributed by atoms with Gasteiger partial charge in [0.1, 0.15) is 5.76 Å². The van der Waals surface area contributed by atoms with Gasteiger partial charge in [-0.25, -0.2) is 4.98 Å². The molecule has 0 unspecified atom stereocenters. The number of non-ortho nitro benzene ring substituents is 1. The van der Waals surface area contributed by atoms with Gasteiger partial charge < -0.3 is 8.83 Å². The number of benzene rings is 1. The average molecular weight is 270 g/mol. The standard InChI is InChI=1S/C14H10N2O4/c17-16(18)11-5-3-10(4-6-11)8-12-9-15-14(20-12)13-2-1-7-19-13/h1-7,9H,8H2. The molecule has 0 N–H and O–H groups in total. The summed E-state index contributed by atoms with van der Waals surface area (Å²) in [6, 6.07) is 9.87. The minimum atomic E-state index is -0.423. The Hall–Kier alpha value is -2.89. The van der Waals surface area contributed by atoms with Gasteiger partial charge in [-0.05, 0) is 17.7 Å². The summed E-state index contributed by atoms with van der Waals surface area (Å²) in [6.07, 6.45) is 3.69. The molecule has 3 rings (SSSR count). The van der Waals surface area contributed by atoms with E-state index in [2.05, 4.69) is 4.98 Å². The predicted molar refractivity (Wildman–Crippen MR) is 70.1 cm³/mol. The van der Waals surface area contributed by atoms with Gasteiger partial charge in [0.05, 0.1) is 17.4 Å². The highest BCUT2D eigenvalue weighted by atomic mass is 16.6. The van der Waals surface area contributed by atoms with Gasteiger partial charge in [0.25, 0.3) is 11.6 Å². The molecular weight excluding hydrogens is 260 g/mol. The molecule has 0 aliphatic carbocycles. The molecule has 0 spiro atoms. The first kappa shape index (κ1) is 12.2. The third kappa shape index (κ3) is 2.44. The first-order chi connectivity index (χ1) is 9.72. The molecule has 0 aliphatic heterocycles. The zero-order chi connectivity index (χ0) is 13.9. The van der Waals surface area contributed by atoms with Crippen LogP contribution in [0.4, 0.5) is 5.69 Å². The summed E-state index contributed by atoms with van der Waals surface area (Å²) in [7, 11) is 0. The Morgan fingerprint density at radius 1 is 1.20 bits per heavy atom. The van der Waals surface area contributed by atoms with Gasteiger partial charge in [0.2, 0.25) is 0 Å². The van der Waals surface area contributed by atoms with Crippen LogP contribution in [0.15, 0.2) is 57.7 Å². The van der Waals surface area contributed by atoms with E-state index in [1.165, 1.54) is 12.1 Å². The van der Waals surface area contributed by atoms with Gasteiger partial charge in [-0.3, -0.25) is 10.1 Å². The second-order valence-electron chi connectivity index (χ2n) is 4.21. The molecule has 0 radical (unpaired) electrons. The number of hydrogen-bond donors (Lipinski definition) is 0. The van der Waals surface area contributed by atoms with Gasteiger partial charge in [-0.15, -0.1) is 0 Å². The van der Waals surface area contributed by atoms with E-state index in [0.717, 1.165) is 5.56 Å². The summed E-state index contributed by atoms with van der Waals surface area (Å²) in [5.74, 6) is 1.66. The van der Waals surface area contributed by atoms with E-state index in [1.807, 2.05) is 0 Å². The Balaban J connectivity index is 1.76. The maximum atomic E-state index is 10.6. The lowest BCUT2D eigenvalue weighted by atomic mass is 10.1. The van der Waals surface area contributed by atoms with Crippen molar-refractivity contribution in [2.45, 2.75) is 6.42 Å². The smallest absolute Gasteiger partial charge is 0.269 e. The maximum Gasteiger partial charge on any atom is 0.269 e. The minimum Gasteiger partial charge on any atom is -0.459 e. The summed E-state index contributed by atoms with van der Waals surface area (Å²) in [4.78, 5) is 14.3. The lowest BCUT2D eigenvalue weighted by molar-refractivity contribution is -0.384. The van der Waals surface area contributed by atoms with Crippen molar-refractivity contribution < 1.29 is 13.8 Å². The third-order valence-corrected chi connectivity index (χ3v) is 2.81. The highest BCUT2D eigenvalue weighted by Crippen LogP contribution is 2.21. The molecule has 6 heteroatoms. The number of hydrogen-bond acceptors (Lipinski definition) is 5. The summed E-state index contributed by atoms with van der Waals surface area (Å²) in [5, 5.41) is 10.6. The first-order valence-corrected chi connectivity index (χ1v) is 5.94. The molecule has 0 amide bonds. The molecule has 0 bridgehead atoms. The maximum absolute atomic E-state index is 10.6. The Kier molecular flexibility index (Phi) is 3.04. The minimum absolute atomic E-state index is 0.0718. The van der Waals surface area contributed by atoms with Crippen LogP contribution in [0.25, 0.3) is 11.7 Å². The summed E-state index contributed by atoms with van der Waals surface area (Å²) < 4.78 is 10.8. The molecule has 1 aromatic carbocycles. The number of oxazole rings is 1. The van der Waals surface area contributed by atoms with Crippen molar-refractivity contribution in [3.63, 3.8) is 0 Å². The van der Waals surface area contributed by atoms with Crippen LogP contribution in [0, 0.1) is 10.1 Å². The molecule has 0 saturated carbocycles. The van der Waals surface area contributed by atoms with Crippen LogP contribution in [-0.2, 0) is 6.42 Å². The molecule has 0 saturated heterocycles. The second-order valence-corrected chi connectivity index (χ2v) is 4.21. The van der Waals surface area contributed by atoms with Crippen molar-refractivity contribution in [2.75, 3.05) is 0 Å². The Bertz CT molecular complexity index is 714. The largest absolute Gasteiger partial charge is 0.459 e. The fourth-order valence-electron chi connectivity index (χ4n) is 1.84. The Labute approximate surface area is 113 Å². The lowest BCUT2D eigenvalue weighted by Gasteiger charge is -1.97. The van der Waals surface area contributed by atoms with Crippen LogP contribution in [0.5, 0.6) is 0 Å². The van der Waals surface area contributed by atoms with Crippen LogP contribution in [0.1, 0.15) is 11.3 Å². The molecular formula is C14H10N2O4. The van der Waals surface area contributed by atoms with Crippen molar-refractivity contribution in [1.82, 2.24) is 4.98 Å².